The van der Waals surface area contributed by atoms with Gasteiger partial charge in [-0.2, -0.15) is 0 Å². The predicted molar refractivity (Wildman–Crippen MR) is 75.6 cm³/mol. The van der Waals surface area contributed by atoms with Crippen molar-refractivity contribution in [3.63, 3.8) is 0 Å². The van der Waals surface area contributed by atoms with Crippen LogP contribution in [0.4, 0.5) is 10.1 Å². The van der Waals surface area contributed by atoms with Crippen LogP contribution in [0, 0.1) is 5.82 Å². The smallest absolute Gasteiger partial charge is 0.339 e. The summed E-state index contributed by atoms with van der Waals surface area (Å²) in [5, 5.41) is 11.3. The Morgan fingerprint density at radius 2 is 1.86 bits per heavy atom. The molecule has 0 aliphatic carbocycles. The molecule has 0 aliphatic heterocycles. The van der Waals surface area contributed by atoms with Gasteiger partial charge in [0, 0.05) is 6.20 Å². The highest BCUT2D eigenvalue weighted by Gasteiger charge is 2.20. The second-order valence-electron chi connectivity index (χ2n) is 3.93. The SMILES string of the molecule is O=C(Nc1c(Cl)ccc(Cl)c1C(=O)O)c1cncc(F)c1. The highest BCUT2D eigenvalue weighted by molar-refractivity contribution is 6.38. The maximum atomic E-state index is 13.0. The minimum atomic E-state index is -1.35. The van der Waals surface area contributed by atoms with Gasteiger partial charge in [0.05, 0.1) is 27.5 Å². The van der Waals surface area contributed by atoms with Crippen molar-refractivity contribution in [2.24, 2.45) is 0 Å². The fraction of sp³-hybridized carbons (Fsp3) is 0. The number of anilines is 1. The number of hydrogen-bond donors (Lipinski definition) is 2. The standard InChI is InChI=1S/C13H7Cl2FN2O3/c14-8-1-2-9(15)11(10(8)13(20)21)18-12(19)6-3-7(16)5-17-4-6/h1-5H,(H,18,19)(H,20,21). The molecule has 0 spiro atoms. The third-order valence-corrected chi connectivity index (χ3v) is 3.15. The summed E-state index contributed by atoms with van der Waals surface area (Å²) in [6.07, 6.45) is 2.07. The largest absolute Gasteiger partial charge is 0.478 e. The van der Waals surface area contributed by atoms with Gasteiger partial charge in [-0.15, -0.1) is 0 Å². The Morgan fingerprint density at radius 3 is 2.48 bits per heavy atom. The molecular weight excluding hydrogens is 322 g/mol. The Balaban J connectivity index is 2.42. The number of aromatic nitrogens is 1. The molecule has 0 radical (unpaired) electrons. The minimum absolute atomic E-state index is 0.00508. The normalized spacial score (nSPS) is 10.2. The fourth-order valence-corrected chi connectivity index (χ4v) is 2.05. The molecule has 0 aliphatic rings. The molecule has 0 atom stereocenters. The third-order valence-electron chi connectivity index (χ3n) is 2.52. The predicted octanol–water partition coefficient (Wildman–Crippen LogP) is 3.48. The van der Waals surface area contributed by atoms with Crippen molar-refractivity contribution in [2.45, 2.75) is 0 Å². The topological polar surface area (TPSA) is 79.3 Å². The maximum absolute atomic E-state index is 13.0. The van der Waals surface area contributed by atoms with Gasteiger partial charge in [-0.25, -0.2) is 9.18 Å². The molecule has 0 saturated carbocycles. The number of hydrogen-bond acceptors (Lipinski definition) is 3. The summed E-state index contributed by atoms with van der Waals surface area (Å²) < 4.78 is 13.0. The number of nitrogens with zero attached hydrogens (tertiary/aromatic N) is 1. The summed E-state index contributed by atoms with van der Waals surface area (Å²) in [6.45, 7) is 0. The summed E-state index contributed by atoms with van der Waals surface area (Å²) in [7, 11) is 0. The summed E-state index contributed by atoms with van der Waals surface area (Å²) in [6, 6.07) is 3.60. The Kier molecular flexibility index (Phi) is 4.40. The lowest BCUT2D eigenvalue weighted by Gasteiger charge is -2.11. The van der Waals surface area contributed by atoms with E-state index < -0.39 is 17.7 Å². The van der Waals surface area contributed by atoms with Crippen molar-refractivity contribution >= 4 is 40.8 Å². The van der Waals surface area contributed by atoms with E-state index in [1.807, 2.05) is 0 Å². The molecule has 0 fully saturated rings. The van der Waals surface area contributed by atoms with Crippen molar-refractivity contribution in [3.05, 3.63) is 57.6 Å². The number of carboxylic acids is 1. The van der Waals surface area contributed by atoms with Crippen molar-refractivity contribution < 1.29 is 19.1 Å². The number of amides is 1. The number of halogens is 3. The summed E-state index contributed by atoms with van der Waals surface area (Å²) >= 11 is 11.7. The van der Waals surface area contributed by atoms with Crippen LogP contribution in [0.25, 0.3) is 0 Å². The molecule has 8 heteroatoms. The zero-order chi connectivity index (χ0) is 15.6. The molecule has 1 amide bonds. The lowest BCUT2D eigenvalue weighted by Crippen LogP contribution is -2.16. The van der Waals surface area contributed by atoms with E-state index >= 15 is 0 Å². The van der Waals surface area contributed by atoms with Crippen molar-refractivity contribution in [3.8, 4) is 0 Å². The maximum Gasteiger partial charge on any atom is 0.339 e. The monoisotopic (exact) mass is 328 g/mol. The van der Waals surface area contributed by atoms with Crippen LogP contribution in [0.1, 0.15) is 20.7 Å². The van der Waals surface area contributed by atoms with Crippen LogP contribution >= 0.6 is 23.2 Å². The van der Waals surface area contributed by atoms with E-state index in [9.17, 15) is 14.0 Å². The fourth-order valence-electron chi connectivity index (χ4n) is 1.60. The second kappa shape index (κ2) is 6.07. The molecule has 2 N–H and O–H groups in total. The first kappa shape index (κ1) is 15.2. The Morgan fingerprint density at radius 1 is 1.19 bits per heavy atom. The second-order valence-corrected chi connectivity index (χ2v) is 4.74. The first-order valence-corrected chi connectivity index (χ1v) is 6.29. The minimum Gasteiger partial charge on any atom is -0.478 e. The Labute approximate surface area is 128 Å². The zero-order valence-electron chi connectivity index (χ0n) is 10.2. The molecule has 0 bridgehead atoms. The van der Waals surface area contributed by atoms with Crippen LogP contribution in [-0.2, 0) is 0 Å². The van der Waals surface area contributed by atoms with Crippen LogP contribution in [0.15, 0.2) is 30.6 Å². The number of aromatic carboxylic acids is 1. The number of nitrogens with one attached hydrogen (secondary N) is 1. The van der Waals surface area contributed by atoms with Gasteiger partial charge in [-0.3, -0.25) is 9.78 Å². The lowest BCUT2D eigenvalue weighted by molar-refractivity contribution is 0.0698. The van der Waals surface area contributed by atoms with E-state index in [1.54, 1.807) is 0 Å². The molecule has 2 rings (SSSR count). The number of benzene rings is 1. The molecular formula is C13H7Cl2FN2O3. The number of carbonyl (C=O) groups excluding carboxylic acids is 1. The average molecular weight is 329 g/mol. The molecule has 1 aromatic heterocycles. The highest BCUT2D eigenvalue weighted by Crippen LogP contribution is 2.32. The molecule has 1 aromatic carbocycles. The molecule has 21 heavy (non-hydrogen) atoms. The van der Waals surface area contributed by atoms with Gasteiger partial charge < -0.3 is 10.4 Å². The van der Waals surface area contributed by atoms with E-state index in [-0.39, 0.29) is 26.9 Å². The van der Waals surface area contributed by atoms with Gasteiger partial charge in [0.1, 0.15) is 11.4 Å². The van der Waals surface area contributed by atoms with Crippen molar-refractivity contribution in [1.82, 2.24) is 4.98 Å². The highest BCUT2D eigenvalue weighted by atomic mass is 35.5. The van der Waals surface area contributed by atoms with Gasteiger partial charge in [-0.05, 0) is 18.2 Å². The number of rotatable bonds is 3. The van der Waals surface area contributed by atoms with Crippen molar-refractivity contribution in [1.29, 1.82) is 0 Å². The van der Waals surface area contributed by atoms with E-state index in [0.717, 1.165) is 18.5 Å². The Hall–Kier alpha value is -2.18. The van der Waals surface area contributed by atoms with Gasteiger partial charge in [0.2, 0.25) is 0 Å². The van der Waals surface area contributed by atoms with Crippen LogP contribution in [0.3, 0.4) is 0 Å². The van der Waals surface area contributed by atoms with E-state index in [1.165, 1.54) is 12.1 Å². The van der Waals surface area contributed by atoms with Crippen molar-refractivity contribution in [2.75, 3.05) is 5.32 Å². The summed E-state index contributed by atoms with van der Waals surface area (Å²) in [4.78, 5) is 26.7. The number of carboxylic acid groups (broad SMARTS) is 1. The molecule has 5 nitrogen and oxygen atoms in total. The van der Waals surface area contributed by atoms with E-state index in [4.69, 9.17) is 28.3 Å². The van der Waals surface area contributed by atoms with Crippen LogP contribution in [-0.4, -0.2) is 22.0 Å². The average Bonchev–Trinajstić information content (AvgIpc) is 2.42. The molecule has 1 heterocycles. The van der Waals surface area contributed by atoms with Crippen LogP contribution < -0.4 is 5.32 Å². The molecule has 0 saturated heterocycles. The first-order valence-electron chi connectivity index (χ1n) is 5.53. The molecule has 0 unspecified atom stereocenters. The lowest BCUT2D eigenvalue weighted by atomic mass is 10.1. The van der Waals surface area contributed by atoms with Crippen LogP contribution in [0.2, 0.25) is 10.0 Å². The summed E-state index contributed by atoms with van der Waals surface area (Å²) in [5.74, 6) is -2.80. The van der Waals surface area contributed by atoms with Gasteiger partial charge in [-0.1, -0.05) is 23.2 Å². The van der Waals surface area contributed by atoms with E-state index in [2.05, 4.69) is 10.3 Å². The quantitative estimate of drug-likeness (QED) is 0.904. The van der Waals surface area contributed by atoms with Crippen LogP contribution in [0.5, 0.6) is 0 Å². The first-order chi connectivity index (χ1) is 9.90. The van der Waals surface area contributed by atoms with Gasteiger partial charge >= 0.3 is 5.97 Å². The van der Waals surface area contributed by atoms with E-state index in [0.29, 0.717) is 0 Å². The molecule has 2 aromatic rings. The van der Waals surface area contributed by atoms with Gasteiger partial charge in [0.25, 0.3) is 5.91 Å². The van der Waals surface area contributed by atoms with Gasteiger partial charge in [0.15, 0.2) is 0 Å². The number of carbonyl (C=O) groups is 2. The third kappa shape index (κ3) is 3.29. The zero-order valence-corrected chi connectivity index (χ0v) is 11.7. The number of pyridine rings is 1. The summed E-state index contributed by atoms with van der Waals surface area (Å²) in [5.41, 5.74) is -0.588. The Bertz CT molecular complexity index is 737. The molecule has 108 valence electrons.